The molecule has 0 unspecified atom stereocenters. The molecule has 3 aromatic rings. The van der Waals surface area contributed by atoms with Crippen molar-refractivity contribution in [3.63, 3.8) is 0 Å². The summed E-state index contributed by atoms with van der Waals surface area (Å²) >= 11 is 0. The van der Waals surface area contributed by atoms with Gasteiger partial charge in [-0.15, -0.1) is 0 Å². The van der Waals surface area contributed by atoms with Gasteiger partial charge in [-0.05, 0) is 37.6 Å². The molecule has 3 rings (SSSR count). The number of hydrogen-bond acceptors (Lipinski definition) is 3. The minimum Gasteiger partial charge on any atom is -0.337 e. The number of anilines is 1. The number of carbonyl (C=O) groups excluding carboxylic acids is 1. The summed E-state index contributed by atoms with van der Waals surface area (Å²) in [5.74, 6) is -0.793. The Bertz CT molecular complexity index is 901. The average molecular weight is 312 g/mol. The highest BCUT2D eigenvalue weighted by atomic mass is 19.1. The summed E-state index contributed by atoms with van der Waals surface area (Å²) in [6.07, 6.45) is 3.68. The Kier molecular flexibility index (Phi) is 3.82. The van der Waals surface area contributed by atoms with Crippen molar-refractivity contribution in [2.24, 2.45) is 0 Å². The van der Waals surface area contributed by atoms with Gasteiger partial charge in [0.25, 0.3) is 0 Å². The molecular formula is C17H17FN4O. The lowest BCUT2D eigenvalue weighted by molar-refractivity contribution is -0.114. The van der Waals surface area contributed by atoms with E-state index >= 15 is 0 Å². The second-order valence-electron chi connectivity index (χ2n) is 5.44. The molecule has 0 bridgehead atoms. The van der Waals surface area contributed by atoms with Gasteiger partial charge in [0.2, 0.25) is 5.91 Å². The zero-order chi connectivity index (χ0) is 16.6. The smallest absolute Gasteiger partial charge is 0.221 e. The summed E-state index contributed by atoms with van der Waals surface area (Å²) < 4.78 is 16.0. The zero-order valence-electron chi connectivity index (χ0n) is 13.2. The van der Waals surface area contributed by atoms with Crippen LogP contribution in [0.2, 0.25) is 0 Å². The first-order valence-corrected chi connectivity index (χ1v) is 7.38. The Morgan fingerprint density at radius 3 is 2.74 bits per heavy atom. The Balaban J connectivity index is 2.15. The minimum atomic E-state index is -0.472. The van der Waals surface area contributed by atoms with E-state index in [0.29, 0.717) is 5.52 Å². The maximum Gasteiger partial charge on any atom is 0.221 e. The van der Waals surface area contributed by atoms with Crippen molar-refractivity contribution in [1.82, 2.24) is 14.5 Å². The molecule has 0 spiro atoms. The molecule has 118 valence electrons. The number of benzene rings is 1. The highest BCUT2D eigenvalue weighted by molar-refractivity contribution is 5.93. The van der Waals surface area contributed by atoms with E-state index in [4.69, 9.17) is 0 Å². The van der Waals surface area contributed by atoms with E-state index in [1.165, 1.54) is 13.0 Å². The van der Waals surface area contributed by atoms with Crippen LogP contribution in [-0.2, 0) is 11.3 Å². The van der Waals surface area contributed by atoms with Gasteiger partial charge in [-0.25, -0.2) is 14.4 Å². The Hall–Kier alpha value is -2.76. The van der Waals surface area contributed by atoms with Crippen LogP contribution in [-0.4, -0.2) is 20.4 Å². The number of nitrogens with one attached hydrogen (secondary N) is 1. The number of amides is 1. The Morgan fingerprint density at radius 2 is 2.09 bits per heavy atom. The van der Waals surface area contributed by atoms with Crippen molar-refractivity contribution >= 4 is 22.5 Å². The quantitative estimate of drug-likeness (QED) is 0.805. The molecule has 5 nitrogen and oxygen atoms in total. The lowest BCUT2D eigenvalue weighted by atomic mass is 10.1. The summed E-state index contributed by atoms with van der Waals surface area (Å²) in [5.41, 5.74) is 3.15. The molecule has 0 atom stereocenters. The molecule has 0 radical (unpaired) electrons. The van der Waals surface area contributed by atoms with Crippen LogP contribution in [0.5, 0.6) is 0 Å². The van der Waals surface area contributed by atoms with E-state index < -0.39 is 5.82 Å². The Morgan fingerprint density at radius 1 is 1.30 bits per heavy atom. The fourth-order valence-corrected chi connectivity index (χ4v) is 2.50. The number of pyridine rings is 1. The molecule has 0 fully saturated rings. The van der Waals surface area contributed by atoms with E-state index in [0.717, 1.165) is 28.9 Å². The third-order valence-electron chi connectivity index (χ3n) is 3.68. The molecule has 1 N–H and O–H groups in total. The van der Waals surface area contributed by atoms with Gasteiger partial charge in [0.05, 0.1) is 23.2 Å². The molecule has 0 saturated heterocycles. The van der Waals surface area contributed by atoms with Crippen LogP contribution in [0.25, 0.3) is 22.3 Å². The lowest BCUT2D eigenvalue weighted by Gasteiger charge is -2.09. The number of hydrogen-bond donors (Lipinski definition) is 1. The van der Waals surface area contributed by atoms with Crippen LogP contribution in [0, 0.1) is 12.7 Å². The predicted molar refractivity (Wildman–Crippen MR) is 87.6 cm³/mol. The summed E-state index contributed by atoms with van der Waals surface area (Å²) in [7, 11) is 0. The number of aromatic nitrogens is 3. The number of rotatable bonds is 3. The third-order valence-corrected chi connectivity index (χ3v) is 3.68. The van der Waals surface area contributed by atoms with Crippen molar-refractivity contribution in [3.05, 3.63) is 42.1 Å². The van der Waals surface area contributed by atoms with Gasteiger partial charge < -0.3 is 9.88 Å². The number of carbonyl (C=O) groups is 1. The molecule has 2 heterocycles. The number of halogens is 1. The van der Waals surface area contributed by atoms with Gasteiger partial charge in [-0.2, -0.15) is 0 Å². The molecule has 0 aliphatic rings. The van der Waals surface area contributed by atoms with Crippen molar-refractivity contribution in [2.45, 2.75) is 27.3 Å². The Labute approximate surface area is 133 Å². The first-order chi connectivity index (χ1) is 11.0. The zero-order valence-corrected chi connectivity index (χ0v) is 13.2. The van der Waals surface area contributed by atoms with Crippen molar-refractivity contribution in [2.75, 3.05) is 5.32 Å². The molecule has 0 aliphatic heterocycles. The highest BCUT2D eigenvalue weighted by Crippen LogP contribution is 2.27. The summed E-state index contributed by atoms with van der Waals surface area (Å²) in [6.45, 7) is 6.11. The fraction of sp³-hybridized carbons (Fsp3) is 0.235. The maximum absolute atomic E-state index is 14.1. The predicted octanol–water partition coefficient (Wildman–Crippen LogP) is 3.52. The maximum atomic E-state index is 14.1. The van der Waals surface area contributed by atoms with Crippen molar-refractivity contribution < 1.29 is 9.18 Å². The molecule has 0 saturated carbocycles. The van der Waals surface area contributed by atoms with E-state index in [1.807, 2.05) is 30.7 Å². The number of fused-ring (bicyclic) bond motifs is 1. The molecule has 1 amide bonds. The summed E-state index contributed by atoms with van der Waals surface area (Å²) in [5, 5.41) is 3.20. The van der Waals surface area contributed by atoms with Gasteiger partial charge >= 0.3 is 0 Å². The minimum absolute atomic E-state index is 0.133. The highest BCUT2D eigenvalue weighted by Gasteiger charge is 2.12. The first kappa shape index (κ1) is 15.1. The van der Waals surface area contributed by atoms with Crippen LogP contribution in [0.3, 0.4) is 0 Å². The molecule has 23 heavy (non-hydrogen) atoms. The number of nitrogens with zero attached hydrogens (tertiary/aromatic N) is 3. The van der Waals surface area contributed by atoms with E-state index in [2.05, 4.69) is 15.3 Å². The molecular weight excluding hydrogens is 295 g/mol. The lowest BCUT2D eigenvalue weighted by Crippen LogP contribution is -2.07. The number of aryl methyl sites for hydroxylation is 2. The van der Waals surface area contributed by atoms with Crippen molar-refractivity contribution in [1.29, 1.82) is 0 Å². The van der Waals surface area contributed by atoms with Gasteiger partial charge in [-0.3, -0.25) is 4.79 Å². The standard InChI is InChI=1S/C17H17FN4O/c1-4-22-8-17(19-9-22)16-5-10(2)12-6-13(18)15(20-11(3)23)7-14(12)21-16/h5-9H,4H2,1-3H3,(H,20,23). The van der Waals surface area contributed by atoms with Crippen LogP contribution >= 0.6 is 0 Å². The largest absolute Gasteiger partial charge is 0.337 e. The van der Waals surface area contributed by atoms with Gasteiger partial charge in [0, 0.05) is 25.1 Å². The van der Waals surface area contributed by atoms with Crippen LogP contribution in [0.15, 0.2) is 30.7 Å². The van der Waals surface area contributed by atoms with Crippen molar-refractivity contribution in [3.8, 4) is 11.4 Å². The molecule has 0 aliphatic carbocycles. The second-order valence-corrected chi connectivity index (χ2v) is 5.44. The monoisotopic (exact) mass is 312 g/mol. The molecule has 6 heteroatoms. The molecule has 1 aromatic carbocycles. The van der Waals surface area contributed by atoms with E-state index in [1.54, 1.807) is 12.4 Å². The fourth-order valence-electron chi connectivity index (χ4n) is 2.50. The first-order valence-electron chi connectivity index (χ1n) is 7.38. The summed E-state index contributed by atoms with van der Waals surface area (Å²) in [4.78, 5) is 20.1. The van der Waals surface area contributed by atoms with Crippen LogP contribution in [0.1, 0.15) is 19.4 Å². The van der Waals surface area contributed by atoms with Gasteiger partial charge in [0.1, 0.15) is 11.5 Å². The van der Waals surface area contributed by atoms with Gasteiger partial charge in [0.15, 0.2) is 0 Å². The SMILES string of the molecule is CCn1cnc(-c2cc(C)c3cc(F)c(NC(C)=O)cc3n2)c1. The average Bonchev–Trinajstić information content (AvgIpc) is 2.97. The van der Waals surface area contributed by atoms with Gasteiger partial charge in [-0.1, -0.05) is 0 Å². The van der Waals surface area contributed by atoms with Crippen LogP contribution in [0.4, 0.5) is 10.1 Å². The topological polar surface area (TPSA) is 59.8 Å². The second kappa shape index (κ2) is 5.79. The van der Waals surface area contributed by atoms with Crippen LogP contribution < -0.4 is 5.32 Å². The van der Waals surface area contributed by atoms with E-state index in [-0.39, 0.29) is 11.6 Å². The molecule has 2 aromatic heterocycles. The van der Waals surface area contributed by atoms with E-state index in [9.17, 15) is 9.18 Å². The third kappa shape index (κ3) is 2.92. The summed E-state index contributed by atoms with van der Waals surface area (Å²) in [6, 6.07) is 4.85. The number of imidazole rings is 1. The normalized spacial score (nSPS) is 11.0.